The minimum atomic E-state index is -4.62. The van der Waals surface area contributed by atoms with E-state index in [1.165, 1.54) is 11.1 Å². The summed E-state index contributed by atoms with van der Waals surface area (Å²) in [5, 5.41) is 8.21. The molecule has 0 aliphatic carbocycles. The first-order valence-corrected chi connectivity index (χ1v) is 13.8. The number of ether oxygens (including phenoxy) is 2. The number of anilines is 1. The van der Waals surface area contributed by atoms with Crippen LogP contribution in [-0.2, 0) is 16.5 Å². The molecule has 0 unspecified atom stereocenters. The van der Waals surface area contributed by atoms with E-state index < -0.39 is 17.7 Å². The summed E-state index contributed by atoms with van der Waals surface area (Å²) in [6, 6.07) is 4.96. The van der Waals surface area contributed by atoms with Gasteiger partial charge in [-0.2, -0.15) is 18.3 Å². The second kappa shape index (κ2) is 14.9. The van der Waals surface area contributed by atoms with Crippen molar-refractivity contribution >= 4 is 17.3 Å². The molecule has 234 valence electrons. The first-order valence-electron chi connectivity index (χ1n) is 13.8. The number of nitrogens with one attached hydrogen (secondary N) is 1. The number of alkyl halides is 3. The number of carbonyl (C=O) groups is 1. The maximum absolute atomic E-state index is 13.2. The highest BCUT2D eigenvalue weighted by atomic mass is 19.4. The van der Waals surface area contributed by atoms with Gasteiger partial charge in [-0.25, -0.2) is 5.84 Å². The molecule has 0 saturated carbocycles. The highest BCUT2D eigenvalue weighted by Crippen LogP contribution is 2.27. The molecule has 1 fully saturated rings. The van der Waals surface area contributed by atoms with Gasteiger partial charge in [0.05, 0.1) is 43.0 Å². The largest absolute Gasteiger partial charge is 0.493 e. The third-order valence-electron chi connectivity index (χ3n) is 6.92. The fourth-order valence-corrected chi connectivity index (χ4v) is 4.28. The van der Waals surface area contributed by atoms with Crippen LogP contribution in [0.1, 0.15) is 40.5 Å². The molecule has 1 aromatic heterocycles. The van der Waals surface area contributed by atoms with Gasteiger partial charge in [-0.05, 0) is 57.0 Å². The van der Waals surface area contributed by atoms with Crippen LogP contribution in [-0.4, -0.2) is 66.2 Å². The van der Waals surface area contributed by atoms with Crippen LogP contribution in [0, 0.1) is 13.8 Å². The molecule has 0 atom stereocenters. The summed E-state index contributed by atoms with van der Waals surface area (Å²) in [6.45, 7) is 12.2. The maximum atomic E-state index is 13.2. The monoisotopic (exact) mass is 603 g/mol. The number of aromatic nitrogens is 2. The number of morpholine rings is 1. The summed E-state index contributed by atoms with van der Waals surface area (Å²) in [4.78, 5) is 15.3. The van der Waals surface area contributed by atoms with Gasteiger partial charge in [-0.3, -0.25) is 19.4 Å². The fourth-order valence-electron chi connectivity index (χ4n) is 4.28. The standard InChI is InChI=1S/C30H40F3N7O3/c1-20-7-8-24(17-28(20)40(35)19-27(34)26-18-36-38(5)23(26)4)29(41)37-22(3)16-25(15-21(2)30(31,32)33)43-12-6-9-39-10-13-42-14-11-39/h7-8,15-19H,2,6,9-14,34-35H2,1,3-5H3,(H,37,41)/b22-16+,25-15+,27-19-. The van der Waals surface area contributed by atoms with E-state index in [4.69, 9.17) is 21.1 Å². The zero-order chi connectivity index (χ0) is 31.7. The highest BCUT2D eigenvalue weighted by molar-refractivity contribution is 5.96. The number of allylic oxidation sites excluding steroid dienone is 4. The van der Waals surface area contributed by atoms with Crippen molar-refractivity contribution in [1.29, 1.82) is 0 Å². The number of amides is 1. The molecule has 13 heteroatoms. The van der Waals surface area contributed by atoms with Crippen molar-refractivity contribution in [2.75, 3.05) is 44.5 Å². The van der Waals surface area contributed by atoms with Crippen LogP contribution in [0.4, 0.5) is 18.9 Å². The summed E-state index contributed by atoms with van der Waals surface area (Å²) in [6.07, 6.45) is 1.33. The van der Waals surface area contributed by atoms with Gasteiger partial charge in [0.1, 0.15) is 5.76 Å². The number of halogens is 3. The van der Waals surface area contributed by atoms with Crippen molar-refractivity contribution in [2.45, 2.75) is 33.4 Å². The second-order valence-corrected chi connectivity index (χ2v) is 10.3. The van der Waals surface area contributed by atoms with Gasteiger partial charge in [0.15, 0.2) is 0 Å². The van der Waals surface area contributed by atoms with Crippen molar-refractivity contribution in [1.82, 2.24) is 20.0 Å². The highest BCUT2D eigenvalue weighted by Gasteiger charge is 2.30. The predicted octanol–water partition coefficient (Wildman–Crippen LogP) is 4.05. The van der Waals surface area contributed by atoms with Gasteiger partial charge >= 0.3 is 6.18 Å². The number of hydrogen-bond acceptors (Lipinski definition) is 8. The summed E-state index contributed by atoms with van der Waals surface area (Å²) >= 11 is 0. The lowest BCUT2D eigenvalue weighted by molar-refractivity contribution is -0.0881. The minimum Gasteiger partial charge on any atom is -0.493 e. The van der Waals surface area contributed by atoms with Crippen molar-refractivity contribution < 1.29 is 27.4 Å². The Morgan fingerprint density at radius 1 is 1.26 bits per heavy atom. The molecule has 1 saturated heterocycles. The fraction of sp³-hybridized carbons (Fsp3) is 0.400. The van der Waals surface area contributed by atoms with Gasteiger partial charge in [-0.1, -0.05) is 12.6 Å². The lowest BCUT2D eigenvalue weighted by Crippen LogP contribution is -2.37. The number of rotatable bonds is 12. The topological polar surface area (TPSA) is 124 Å². The number of hydrazine groups is 1. The molecular weight excluding hydrogens is 563 g/mol. The van der Waals surface area contributed by atoms with E-state index in [1.54, 1.807) is 49.2 Å². The van der Waals surface area contributed by atoms with Crippen LogP contribution < -0.4 is 21.9 Å². The van der Waals surface area contributed by atoms with Gasteiger partial charge in [-0.15, -0.1) is 0 Å². The molecule has 10 nitrogen and oxygen atoms in total. The Bertz CT molecular complexity index is 1390. The Morgan fingerprint density at radius 2 is 1.95 bits per heavy atom. The molecule has 1 aliphatic rings. The quantitative estimate of drug-likeness (QED) is 0.109. The molecule has 43 heavy (non-hydrogen) atoms. The average Bonchev–Trinajstić information content (AvgIpc) is 3.28. The third kappa shape index (κ3) is 9.73. The summed E-state index contributed by atoms with van der Waals surface area (Å²) in [5.41, 5.74) is 9.06. The smallest absolute Gasteiger partial charge is 0.415 e. The molecule has 3 rings (SSSR count). The van der Waals surface area contributed by atoms with E-state index in [9.17, 15) is 18.0 Å². The SMILES string of the molecule is C=C(/C=C(\C=C(/C)NC(=O)c1ccc(C)c(N(N)/C=C(\N)c2cnn(C)c2C)c1)OCCCN1CCOCC1)C(F)(F)F. The number of hydrogen-bond donors (Lipinski definition) is 3. The van der Waals surface area contributed by atoms with Crippen molar-refractivity contribution in [3.05, 3.63) is 88.7 Å². The summed E-state index contributed by atoms with van der Waals surface area (Å²) < 4.78 is 52.3. The van der Waals surface area contributed by atoms with Crippen LogP contribution in [0.2, 0.25) is 0 Å². The van der Waals surface area contributed by atoms with Crippen molar-refractivity contribution in [2.24, 2.45) is 18.6 Å². The van der Waals surface area contributed by atoms with E-state index in [0.29, 0.717) is 31.0 Å². The third-order valence-corrected chi connectivity index (χ3v) is 6.92. The van der Waals surface area contributed by atoms with Crippen molar-refractivity contribution in [3.8, 4) is 0 Å². The van der Waals surface area contributed by atoms with E-state index in [1.807, 2.05) is 13.8 Å². The van der Waals surface area contributed by atoms with E-state index >= 15 is 0 Å². The zero-order valence-corrected chi connectivity index (χ0v) is 25.0. The second-order valence-electron chi connectivity index (χ2n) is 10.3. The minimum absolute atomic E-state index is 0.0638. The molecule has 0 bridgehead atoms. The Balaban J connectivity index is 1.72. The number of carbonyl (C=O) groups excluding carboxylic acids is 1. The Hall–Kier alpha value is -4.07. The van der Waals surface area contributed by atoms with Crippen molar-refractivity contribution in [3.63, 3.8) is 0 Å². The zero-order valence-electron chi connectivity index (χ0n) is 25.0. The molecule has 5 N–H and O–H groups in total. The summed E-state index contributed by atoms with van der Waals surface area (Å²) in [5.74, 6) is 5.74. The van der Waals surface area contributed by atoms with Gasteiger partial charge < -0.3 is 20.5 Å². The molecule has 1 aliphatic heterocycles. The van der Waals surface area contributed by atoms with Gasteiger partial charge in [0.2, 0.25) is 0 Å². The Kier molecular flexibility index (Phi) is 11.6. The summed E-state index contributed by atoms with van der Waals surface area (Å²) in [7, 11) is 1.80. The number of nitrogens with two attached hydrogens (primary N) is 2. The molecule has 0 spiro atoms. The van der Waals surface area contributed by atoms with E-state index in [-0.39, 0.29) is 23.6 Å². The molecule has 1 amide bonds. The molecule has 1 aromatic carbocycles. The van der Waals surface area contributed by atoms with Gasteiger partial charge in [0, 0.05) is 55.4 Å². The number of aryl methyl sites for hydroxylation is 2. The maximum Gasteiger partial charge on any atom is 0.415 e. The van der Waals surface area contributed by atoms with Crippen LogP contribution >= 0.6 is 0 Å². The van der Waals surface area contributed by atoms with Crippen LogP contribution in [0.3, 0.4) is 0 Å². The van der Waals surface area contributed by atoms with E-state index in [0.717, 1.165) is 42.5 Å². The lowest BCUT2D eigenvalue weighted by atomic mass is 10.1. The van der Waals surface area contributed by atoms with E-state index in [2.05, 4.69) is 21.9 Å². The molecular formula is C30H40F3N7O3. The Morgan fingerprint density at radius 3 is 2.58 bits per heavy atom. The first-order chi connectivity index (χ1) is 20.3. The number of nitrogens with zero attached hydrogens (tertiary/aromatic N) is 4. The Labute approximate surface area is 250 Å². The number of benzene rings is 1. The van der Waals surface area contributed by atoms with Crippen LogP contribution in [0.5, 0.6) is 0 Å². The van der Waals surface area contributed by atoms with Crippen LogP contribution in [0.25, 0.3) is 5.70 Å². The molecule has 0 radical (unpaired) electrons. The predicted molar refractivity (Wildman–Crippen MR) is 160 cm³/mol. The van der Waals surface area contributed by atoms with Crippen LogP contribution in [0.15, 0.2) is 66.4 Å². The van der Waals surface area contributed by atoms with Gasteiger partial charge in [0.25, 0.3) is 5.91 Å². The molecule has 2 aromatic rings. The lowest BCUT2D eigenvalue weighted by Gasteiger charge is -2.26. The first kappa shape index (κ1) is 33.4. The molecule has 2 heterocycles. The normalized spacial score (nSPS) is 15.4. The average molecular weight is 604 g/mol.